The number of H-pyrrole nitrogens is 1. The van der Waals surface area contributed by atoms with Crippen LogP contribution in [-0.2, 0) is 11.3 Å². The van der Waals surface area contributed by atoms with E-state index in [0.29, 0.717) is 18.7 Å². The van der Waals surface area contributed by atoms with E-state index in [2.05, 4.69) is 49.9 Å². The highest BCUT2D eigenvalue weighted by Gasteiger charge is 2.55. The van der Waals surface area contributed by atoms with E-state index < -0.39 is 0 Å². The Labute approximate surface area is 195 Å². The van der Waals surface area contributed by atoms with Crippen molar-refractivity contribution in [1.29, 1.82) is 0 Å². The summed E-state index contributed by atoms with van der Waals surface area (Å²) in [6.45, 7) is 3.61. The molecule has 0 aliphatic heterocycles. The first-order valence-corrected chi connectivity index (χ1v) is 10.8. The lowest BCUT2D eigenvalue weighted by atomic mass is 9.55. The molecule has 0 amide bonds. The first-order valence-electron chi connectivity index (χ1n) is 10.8. The van der Waals surface area contributed by atoms with E-state index in [-0.39, 0.29) is 29.4 Å². The second-order valence-corrected chi connectivity index (χ2v) is 8.13. The van der Waals surface area contributed by atoms with Gasteiger partial charge in [-0.3, -0.25) is 10.1 Å². The Balaban J connectivity index is 0.00000256. The lowest BCUT2D eigenvalue weighted by Crippen LogP contribution is -2.66. The number of guanidine groups is 1. The third kappa shape index (κ3) is 4.80. The van der Waals surface area contributed by atoms with Crippen LogP contribution in [0, 0.1) is 5.41 Å². The first kappa shape index (κ1) is 23.0. The van der Waals surface area contributed by atoms with Gasteiger partial charge in [0.05, 0.1) is 6.10 Å². The molecule has 1 aromatic heterocycles. The van der Waals surface area contributed by atoms with Gasteiger partial charge < -0.3 is 15.4 Å². The smallest absolute Gasteiger partial charge is 0.191 e. The van der Waals surface area contributed by atoms with Crippen LogP contribution in [-0.4, -0.2) is 46.9 Å². The largest absolute Gasteiger partial charge is 0.378 e. The average molecular weight is 524 g/mol. The van der Waals surface area contributed by atoms with Crippen LogP contribution >= 0.6 is 24.0 Å². The van der Waals surface area contributed by atoms with Crippen molar-refractivity contribution in [3.8, 4) is 11.4 Å². The predicted molar refractivity (Wildman–Crippen MR) is 130 cm³/mol. The maximum Gasteiger partial charge on any atom is 0.191 e. The molecule has 1 aromatic carbocycles. The van der Waals surface area contributed by atoms with Gasteiger partial charge in [0.25, 0.3) is 0 Å². The van der Waals surface area contributed by atoms with E-state index in [4.69, 9.17) is 4.74 Å². The lowest BCUT2D eigenvalue weighted by molar-refractivity contribution is -0.145. The van der Waals surface area contributed by atoms with Crippen molar-refractivity contribution in [2.75, 3.05) is 13.7 Å². The van der Waals surface area contributed by atoms with Gasteiger partial charge in [0.2, 0.25) is 0 Å². The fraction of sp³-hybridized carbons (Fsp3) is 0.591. The molecule has 2 atom stereocenters. The summed E-state index contributed by atoms with van der Waals surface area (Å²) in [6.07, 6.45) is 9.46. The summed E-state index contributed by atoms with van der Waals surface area (Å²) in [5.41, 5.74) is 2.48. The van der Waals surface area contributed by atoms with Crippen LogP contribution in [0.3, 0.4) is 0 Å². The van der Waals surface area contributed by atoms with Gasteiger partial charge in [-0.25, -0.2) is 4.98 Å². The summed E-state index contributed by atoms with van der Waals surface area (Å²) in [4.78, 5) is 8.70. The van der Waals surface area contributed by atoms with Gasteiger partial charge >= 0.3 is 0 Å². The van der Waals surface area contributed by atoms with E-state index in [1.54, 1.807) is 0 Å². The Morgan fingerprint density at radius 3 is 2.83 bits per heavy atom. The Hall–Kier alpha value is -1.68. The molecule has 30 heavy (non-hydrogen) atoms. The zero-order valence-corrected chi connectivity index (χ0v) is 20.2. The van der Waals surface area contributed by atoms with Gasteiger partial charge in [0.15, 0.2) is 11.8 Å². The van der Waals surface area contributed by atoms with Gasteiger partial charge in [-0.2, -0.15) is 5.10 Å². The number of hydrogen-bond donors (Lipinski definition) is 3. The number of aliphatic imine (C=N–C) groups is 1. The number of aromatic amines is 1. The Kier molecular flexibility index (Phi) is 8.10. The van der Waals surface area contributed by atoms with Gasteiger partial charge in [0, 0.05) is 37.2 Å². The maximum atomic E-state index is 6.08. The van der Waals surface area contributed by atoms with Gasteiger partial charge in [-0.1, -0.05) is 37.5 Å². The minimum absolute atomic E-state index is 0. The highest BCUT2D eigenvalue weighted by molar-refractivity contribution is 14.0. The Morgan fingerprint density at radius 1 is 1.30 bits per heavy atom. The van der Waals surface area contributed by atoms with Crippen molar-refractivity contribution in [3.05, 3.63) is 36.2 Å². The number of aromatic nitrogens is 3. The minimum Gasteiger partial charge on any atom is -0.378 e. The molecule has 2 aliphatic rings. The third-order valence-electron chi connectivity index (χ3n) is 6.55. The van der Waals surface area contributed by atoms with E-state index >= 15 is 0 Å². The zero-order chi connectivity index (χ0) is 20.1. The summed E-state index contributed by atoms with van der Waals surface area (Å²) in [5, 5.41) is 14.0. The highest BCUT2D eigenvalue weighted by Crippen LogP contribution is 2.53. The molecule has 2 unspecified atom stereocenters. The second-order valence-electron chi connectivity index (χ2n) is 8.13. The fourth-order valence-electron chi connectivity index (χ4n) is 4.98. The summed E-state index contributed by atoms with van der Waals surface area (Å²) in [5.74, 6) is 1.64. The molecule has 8 heteroatoms. The number of nitrogens with one attached hydrogen (secondary N) is 3. The van der Waals surface area contributed by atoms with Gasteiger partial charge in [0.1, 0.15) is 6.33 Å². The molecule has 3 N–H and O–H groups in total. The first-order chi connectivity index (χ1) is 14.2. The number of rotatable bonds is 6. The standard InChI is InChI=1S/C22H32N6O.HI/c1-3-29-19-13-18(22(19)10-5-4-6-11-22)27-21(23-2)24-14-16-8-7-9-17(12-16)20-25-15-26-28-20;/h7-9,12,15,18-19H,3-6,10-11,13-14H2,1-2H3,(H2,23,24,27)(H,25,26,28);1H. The lowest BCUT2D eigenvalue weighted by Gasteiger charge is -2.57. The van der Waals surface area contributed by atoms with Crippen LogP contribution < -0.4 is 10.6 Å². The monoisotopic (exact) mass is 524 g/mol. The van der Waals surface area contributed by atoms with Gasteiger partial charge in [-0.15, -0.1) is 24.0 Å². The van der Waals surface area contributed by atoms with E-state index in [9.17, 15) is 0 Å². The van der Waals surface area contributed by atoms with Crippen LogP contribution in [0.4, 0.5) is 0 Å². The molecule has 2 aromatic rings. The molecule has 0 radical (unpaired) electrons. The second kappa shape index (κ2) is 10.6. The summed E-state index contributed by atoms with van der Waals surface area (Å²) in [7, 11) is 1.84. The van der Waals surface area contributed by atoms with Crippen LogP contribution in [0.15, 0.2) is 35.6 Å². The number of nitrogens with zero attached hydrogens (tertiary/aromatic N) is 3. The molecular weight excluding hydrogens is 491 g/mol. The zero-order valence-electron chi connectivity index (χ0n) is 17.9. The fourth-order valence-corrected chi connectivity index (χ4v) is 4.98. The van der Waals surface area contributed by atoms with E-state index in [1.807, 2.05) is 19.2 Å². The molecule has 164 valence electrons. The minimum atomic E-state index is 0. The summed E-state index contributed by atoms with van der Waals surface area (Å²) in [6, 6.07) is 8.74. The molecule has 0 bridgehead atoms. The average Bonchev–Trinajstić information content (AvgIpc) is 3.31. The predicted octanol–water partition coefficient (Wildman–Crippen LogP) is 3.88. The van der Waals surface area contributed by atoms with Crippen LogP contribution in [0.5, 0.6) is 0 Å². The van der Waals surface area contributed by atoms with Crippen molar-refractivity contribution in [2.45, 2.75) is 64.1 Å². The number of ether oxygens (including phenoxy) is 1. The van der Waals surface area contributed by atoms with Gasteiger partial charge in [-0.05, 0) is 37.8 Å². The third-order valence-corrected chi connectivity index (χ3v) is 6.55. The summed E-state index contributed by atoms with van der Waals surface area (Å²) < 4.78 is 6.08. The van der Waals surface area contributed by atoms with Crippen molar-refractivity contribution in [3.63, 3.8) is 0 Å². The Bertz CT molecular complexity index is 819. The normalized spacial score (nSPS) is 22.8. The molecule has 4 rings (SSSR count). The molecule has 1 spiro atoms. The molecule has 2 aliphatic carbocycles. The quantitative estimate of drug-likeness (QED) is 0.303. The molecule has 2 fully saturated rings. The van der Waals surface area contributed by atoms with Crippen molar-refractivity contribution >= 4 is 29.9 Å². The summed E-state index contributed by atoms with van der Waals surface area (Å²) >= 11 is 0. The van der Waals surface area contributed by atoms with E-state index in [0.717, 1.165) is 30.4 Å². The molecule has 2 saturated carbocycles. The molecule has 1 heterocycles. The topological polar surface area (TPSA) is 87.2 Å². The number of halogens is 1. The Morgan fingerprint density at radius 2 is 2.13 bits per heavy atom. The SMILES string of the molecule is CCOC1CC(NC(=NC)NCc2cccc(-c3ncn[nH]3)c2)C12CCCCC2.I. The maximum absolute atomic E-state index is 6.08. The number of hydrogen-bond acceptors (Lipinski definition) is 4. The van der Waals surface area contributed by atoms with Crippen molar-refractivity contribution < 1.29 is 4.74 Å². The molecule has 0 saturated heterocycles. The van der Waals surface area contributed by atoms with E-state index in [1.165, 1.54) is 44.0 Å². The number of benzene rings is 1. The van der Waals surface area contributed by atoms with Crippen molar-refractivity contribution in [2.24, 2.45) is 10.4 Å². The molecular formula is C22H33IN6O. The molecule has 7 nitrogen and oxygen atoms in total. The highest BCUT2D eigenvalue weighted by atomic mass is 127. The van der Waals surface area contributed by atoms with Crippen LogP contribution in [0.2, 0.25) is 0 Å². The van der Waals surface area contributed by atoms with Crippen LogP contribution in [0.1, 0.15) is 51.0 Å². The van der Waals surface area contributed by atoms with Crippen molar-refractivity contribution in [1.82, 2.24) is 25.8 Å². The van der Waals surface area contributed by atoms with Crippen LogP contribution in [0.25, 0.3) is 11.4 Å².